The molecular weight excluding hydrogens is 735 g/mol. The second kappa shape index (κ2) is 24.0. The van der Waals surface area contributed by atoms with Crippen LogP contribution in [0.2, 0.25) is 0 Å². The number of aliphatic hydroxyl groups excluding tert-OH is 1. The van der Waals surface area contributed by atoms with Crippen LogP contribution in [-0.4, -0.2) is 55.3 Å². The number of carbonyl (C=O) groups is 2. The number of rotatable bonds is 25. The Labute approximate surface area is 351 Å². The van der Waals surface area contributed by atoms with Gasteiger partial charge in [0.2, 0.25) is 0 Å². The molecule has 1 heterocycles. The summed E-state index contributed by atoms with van der Waals surface area (Å²) in [5.74, 6) is 0.297. The first-order valence-corrected chi connectivity index (χ1v) is 21.2. The standard InChI is InChI=1S/C51H63N3O5/c1-53-34-41(24-22-38-15-8-4-9-16-38)17-10-5-11-20-46(56)32-47(57)29-45(36-55)48-33-50(59-2)49(58)30-43(48)28-44-35-54-51(52)31-42(44)26-25-40-19-12-18-39(27-40)23-21-37-13-6-3-7-14-37/h3-4,6-9,12-16,18-19,27,29-31,33,35,41,51,53-55,58H,5,10-11,17,20-26,28,32,34,36,52H2,1-2H3. The largest absolute Gasteiger partial charge is 0.504 e. The van der Waals surface area contributed by atoms with Crippen molar-refractivity contribution in [1.29, 1.82) is 0 Å². The molecule has 0 aromatic heterocycles. The maximum atomic E-state index is 13.3. The van der Waals surface area contributed by atoms with E-state index in [2.05, 4.69) is 83.4 Å². The fourth-order valence-corrected chi connectivity index (χ4v) is 7.97. The van der Waals surface area contributed by atoms with Gasteiger partial charge in [-0.15, -0.1) is 0 Å². The number of ketones is 2. The number of phenolic OH excluding ortho intramolecular Hbond substituents is 1. The van der Waals surface area contributed by atoms with Crippen molar-refractivity contribution < 1.29 is 24.5 Å². The number of ether oxygens (including phenoxy) is 1. The molecule has 312 valence electrons. The first-order chi connectivity index (χ1) is 28.7. The fraction of sp³-hybridized carbons (Fsp3) is 0.373. The van der Waals surface area contributed by atoms with Crippen LogP contribution in [-0.2, 0) is 41.7 Å². The molecule has 1 aliphatic heterocycles. The maximum absolute atomic E-state index is 13.3. The van der Waals surface area contributed by atoms with E-state index in [1.165, 1.54) is 35.4 Å². The first-order valence-electron chi connectivity index (χ1n) is 21.2. The molecular formula is C51H63N3O5. The molecule has 5 rings (SSSR count). The third kappa shape index (κ3) is 14.8. The molecule has 2 unspecified atom stereocenters. The van der Waals surface area contributed by atoms with Crippen molar-refractivity contribution in [2.75, 3.05) is 27.3 Å². The topological polar surface area (TPSA) is 134 Å². The number of aromatic hydroxyl groups is 1. The highest BCUT2D eigenvalue weighted by Gasteiger charge is 2.20. The first kappa shape index (κ1) is 44.8. The average Bonchev–Trinajstić information content (AvgIpc) is 3.25. The second-order valence-corrected chi connectivity index (χ2v) is 15.8. The van der Waals surface area contributed by atoms with Gasteiger partial charge < -0.3 is 31.3 Å². The lowest BCUT2D eigenvalue weighted by Gasteiger charge is -2.23. The number of unbranched alkanes of at least 4 members (excludes halogenated alkanes) is 2. The Kier molecular flexibility index (Phi) is 18.2. The summed E-state index contributed by atoms with van der Waals surface area (Å²) in [4.78, 5) is 26.2. The van der Waals surface area contributed by atoms with E-state index in [1.807, 2.05) is 31.5 Å². The van der Waals surface area contributed by atoms with E-state index in [-0.39, 0.29) is 35.7 Å². The van der Waals surface area contributed by atoms with Gasteiger partial charge in [0.1, 0.15) is 5.78 Å². The van der Waals surface area contributed by atoms with Gasteiger partial charge in [-0.1, -0.05) is 97.8 Å². The van der Waals surface area contributed by atoms with Crippen LogP contribution in [0.5, 0.6) is 11.5 Å². The van der Waals surface area contributed by atoms with Crippen LogP contribution in [0, 0.1) is 5.92 Å². The zero-order valence-electron chi connectivity index (χ0n) is 34.9. The lowest BCUT2D eigenvalue weighted by atomic mass is 9.88. The number of aliphatic hydroxyl groups is 1. The van der Waals surface area contributed by atoms with Crippen LogP contribution in [0.3, 0.4) is 0 Å². The minimum Gasteiger partial charge on any atom is -0.504 e. The van der Waals surface area contributed by atoms with Gasteiger partial charge in [0.15, 0.2) is 17.3 Å². The van der Waals surface area contributed by atoms with E-state index < -0.39 is 6.61 Å². The molecule has 0 fully saturated rings. The molecule has 4 aromatic rings. The number of carbonyl (C=O) groups excluding carboxylic acids is 2. The summed E-state index contributed by atoms with van der Waals surface area (Å²) in [6.45, 7) is 0.546. The van der Waals surface area contributed by atoms with Gasteiger partial charge in [-0.05, 0) is 152 Å². The molecule has 0 saturated heterocycles. The number of phenols is 1. The van der Waals surface area contributed by atoms with Gasteiger partial charge in [-0.25, -0.2) is 0 Å². The number of nitrogens with two attached hydrogens (primary N) is 1. The maximum Gasteiger partial charge on any atom is 0.163 e. The number of benzene rings is 4. The lowest BCUT2D eigenvalue weighted by Crippen LogP contribution is -2.35. The van der Waals surface area contributed by atoms with Gasteiger partial charge >= 0.3 is 0 Å². The molecule has 0 amide bonds. The average molecular weight is 798 g/mol. The van der Waals surface area contributed by atoms with Gasteiger partial charge in [0.05, 0.1) is 26.3 Å². The van der Waals surface area contributed by atoms with Crippen molar-refractivity contribution in [1.82, 2.24) is 10.6 Å². The number of Topliss-reactive ketones (excluding diaryl/α,β-unsaturated/α-hetero) is 1. The molecule has 0 bridgehead atoms. The quantitative estimate of drug-likeness (QED) is 0.0257. The van der Waals surface area contributed by atoms with Gasteiger partial charge in [-0.3, -0.25) is 9.59 Å². The molecule has 0 aliphatic carbocycles. The highest BCUT2D eigenvalue weighted by molar-refractivity contribution is 6.07. The minimum absolute atomic E-state index is 0.0440. The molecule has 2 atom stereocenters. The lowest BCUT2D eigenvalue weighted by molar-refractivity contribution is -0.124. The number of aryl methyl sites for hydroxylation is 4. The SMILES string of the molecule is CNCC(CCCCCC(=O)CC(=O)C=C(CO)c1cc(OC)c(O)cc1CC1=CNC(N)C=C1CCc1cccc(CCc2ccccc2)c1)CCc1ccccc1. The third-order valence-corrected chi connectivity index (χ3v) is 11.2. The molecule has 1 aliphatic rings. The Balaban J connectivity index is 1.18. The van der Waals surface area contributed by atoms with Crippen molar-refractivity contribution in [2.24, 2.45) is 11.7 Å². The van der Waals surface area contributed by atoms with Crippen LogP contribution < -0.4 is 21.1 Å². The predicted octanol–water partition coefficient (Wildman–Crippen LogP) is 8.38. The highest BCUT2D eigenvalue weighted by Crippen LogP contribution is 2.36. The number of allylic oxidation sites excluding steroid dienone is 3. The predicted molar refractivity (Wildman–Crippen MR) is 239 cm³/mol. The number of dihydropyridines is 1. The van der Waals surface area contributed by atoms with Crippen molar-refractivity contribution in [3.8, 4) is 11.5 Å². The van der Waals surface area contributed by atoms with E-state index >= 15 is 0 Å². The van der Waals surface area contributed by atoms with Crippen LogP contribution in [0.4, 0.5) is 0 Å². The zero-order chi connectivity index (χ0) is 41.8. The molecule has 6 N–H and O–H groups in total. The highest BCUT2D eigenvalue weighted by atomic mass is 16.5. The molecule has 8 heteroatoms. The van der Waals surface area contributed by atoms with Crippen LogP contribution in [0.15, 0.2) is 127 Å². The number of hydrogen-bond donors (Lipinski definition) is 5. The molecule has 0 saturated carbocycles. The Bertz CT molecular complexity index is 2040. The van der Waals surface area contributed by atoms with Crippen LogP contribution in [0.1, 0.15) is 84.7 Å². The van der Waals surface area contributed by atoms with Crippen molar-refractivity contribution in [2.45, 2.75) is 89.6 Å². The van der Waals surface area contributed by atoms with Gasteiger partial charge in [0.25, 0.3) is 0 Å². The molecule has 0 spiro atoms. The summed E-state index contributed by atoms with van der Waals surface area (Å²) in [5.41, 5.74) is 15.3. The zero-order valence-corrected chi connectivity index (χ0v) is 34.9. The summed E-state index contributed by atoms with van der Waals surface area (Å²) in [6.07, 6.45) is 15.1. The van der Waals surface area contributed by atoms with E-state index in [1.54, 1.807) is 12.1 Å². The Hall–Kier alpha value is -5.28. The summed E-state index contributed by atoms with van der Waals surface area (Å²) in [7, 11) is 3.45. The van der Waals surface area contributed by atoms with E-state index in [9.17, 15) is 19.8 Å². The summed E-state index contributed by atoms with van der Waals surface area (Å²) >= 11 is 0. The number of methoxy groups -OCH3 is 1. The number of hydrogen-bond acceptors (Lipinski definition) is 8. The monoisotopic (exact) mass is 797 g/mol. The molecule has 0 radical (unpaired) electrons. The molecule has 59 heavy (non-hydrogen) atoms. The molecule has 4 aromatic carbocycles. The summed E-state index contributed by atoms with van der Waals surface area (Å²) < 4.78 is 5.44. The van der Waals surface area contributed by atoms with Crippen LogP contribution >= 0.6 is 0 Å². The van der Waals surface area contributed by atoms with Crippen molar-refractivity contribution in [3.63, 3.8) is 0 Å². The minimum atomic E-state index is -0.426. The van der Waals surface area contributed by atoms with E-state index in [0.717, 1.165) is 81.9 Å². The van der Waals surface area contributed by atoms with Gasteiger partial charge in [-0.2, -0.15) is 0 Å². The Morgan fingerprint density at radius 3 is 2.15 bits per heavy atom. The number of nitrogens with one attached hydrogen (secondary N) is 2. The fourth-order valence-electron chi connectivity index (χ4n) is 7.97. The van der Waals surface area contributed by atoms with Crippen LogP contribution in [0.25, 0.3) is 5.57 Å². The Morgan fingerprint density at radius 2 is 1.47 bits per heavy atom. The van der Waals surface area contributed by atoms with E-state index in [0.29, 0.717) is 35.5 Å². The van der Waals surface area contributed by atoms with Crippen molar-refractivity contribution >= 4 is 17.1 Å². The van der Waals surface area contributed by atoms with Gasteiger partial charge in [0, 0.05) is 12.6 Å². The van der Waals surface area contributed by atoms with E-state index in [4.69, 9.17) is 10.5 Å². The Morgan fingerprint density at radius 1 is 0.814 bits per heavy atom. The third-order valence-electron chi connectivity index (χ3n) is 11.2. The van der Waals surface area contributed by atoms with Crippen molar-refractivity contribution in [3.05, 3.63) is 160 Å². The second-order valence-electron chi connectivity index (χ2n) is 15.8. The normalized spacial score (nSPS) is 14.6. The summed E-state index contributed by atoms with van der Waals surface area (Å²) in [5, 5.41) is 28.0. The smallest absolute Gasteiger partial charge is 0.163 e. The molecule has 8 nitrogen and oxygen atoms in total. The summed E-state index contributed by atoms with van der Waals surface area (Å²) in [6, 6.07) is 33.1.